The summed E-state index contributed by atoms with van der Waals surface area (Å²) >= 11 is 17.8. The second-order valence-corrected chi connectivity index (χ2v) is 13.2. The first-order valence-corrected chi connectivity index (χ1v) is 14.0. The Hall–Kier alpha value is -2.34. The first-order valence-electron chi connectivity index (χ1n) is 11.0. The Morgan fingerprint density at radius 1 is 1.08 bits per heavy atom. The molecule has 4 rings (SSSR count). The molecule has 0 aliphatic carbocycles. The van der Waals surface area contributed by atoms with Crippen LogP contribution >= 0.6 is 34.8 Å². The Morgan fingerprint density at radius 3 is 2.31 bits per heavy atom. The fraction of sp³-hybridized carbons (Fsp3) is 0.455. The number of likely N-dealkylation sites (tertiary alicyclic amines) is 1. The Labute approximate surface area is 223 Å². The van der Waals surface area contributed by atoms with E-state index >= 15 is 0 Å². The van der Waals surface area contributed by atoms with E-state index in [0.717, 1.165) is 6.26 Å². The first kappa shape index (κ1) is 26.7. The highest BCUT2D eigenvalue weighted by Gasteiger charge is 2.45. The smallest absolute Gasteiger partial charge is 0.410 e. The third kappa shape index (κ3) is 5.64. The van der Waals surface area contributed by atoms with Crippen molar-refractivity contribution in [1.82, 2.24) is 24.6 Å². The third-order valence-electron chi connectivity index (χ3n) is 5.91. The average Bonchev–Trinajstić information content (AvgIpc) is 3.23. The number of ether oxygens (including phenoxy) is 2. The first-order chi connectivity index (χ1) is 16.8. The number of alkyl halides is 3. The predicted molar refractivity (Wildman–Crippen MR) is 136 cm³/mol. The molecule has 0 bridgehead atoms. The number of nitrogens with zero attached hydrogens (tertiary/aromatic N) is 5. The Kier molecular flexibility index (Phi) is 7.31. The molecule has 10 nitrogen and oxygen atoms in total. The molecule has 0 radical (unpaired) electrons. The van der Waals surface area contributed by atoms with Gasteiger partial charge in [-0.05, 0) is 51.0 Å². The monoisotopic (exact) mass is 575 g/mol. The van der Waals surface area contributed by atoms with E-state index in [0.29, 0.717) is 48.6 Å². The lowest BCUT2D eigenvalue weighted by Crippen LogP contribution is -2.47. The van der Waals surface area contributed by atoms with Crippen LogP contribution < -0.4 is 4.74 Å². The van der Waals surface area contributed by atoms with Crippen molar-refractivity contribution in [2.45, 2.75) is 47.0 Å². The Morgan fingerprint density at radius 2 is 1.72 bits per heavy atom. The van der Waals surface area contributed by atoms with Gasteiger partial charge in [0.05, 0.1) is 17.1 Å². The molecule has 0 atom stereocenters. The summed E-state index contributed by atoms with van der Waals surface area (Å²) in [5.74, 6) is 0.730. The van der Waals surface area contributed by atoms with Crippen molar-refractivity contribution in [3.63, 3.8) is 0 Å². The number of hydrogen-bond acceptors (Lipinski definition) is 8. The maximum atomic E-state index is 12.6. The van der Waals surface area contributed by atoms with Crippen LogP contribution in [0.15, 0.2) is 41.7 Å². The SMILES string of the molecule is CC(C)(OC(=O)N1CCC(n2ncc3c(Oc4ccc(S(C)(=O)=O)cc4)ncnc32)CC1)C(Cl)(Cl)Cl. The molecular formula is C22H24Cl3N5O5S. The number of fused-ring (bicyclic) bond motifs is 1. The van der Waals surface area contributed by atoms with Crippen LogP contribution in [-0.4, -0.2) is 67.9 Å². The molecule has 2 aromatic heterocycles. The molecule has 1 aliphatic rings. The molecule has 0 spiro atoms. The van der Waals surface area contributed by atoms with Crippen molar-refractivity contribution >= 4 is 61.8 Å². The third-order valence-corrected chi connectivity index (χ3v) is 8.41. The molecule has 36 heavy (non-hydrogen) atoms. The minimum absolute atomic E-state index is 0.00970. The molecule has 1 saturated heterocycles. The van der Waals surface area contributed by atoms with E-state index in [1.165, 1.54) is 18.5 Å². The van der Waals surface area contributed by atoms with Crippen molar-refractivity contribution in [3.05, 3.63) is 36.8 Å². The summed E-state index contributed by atoms with van der Waals surface area (Å²) in [4.78, 5) is 23.0. The van der Waals surface area contributed by atoms with Crippen molar-refractivity contribution in [3.8, 4) is 11.6 Å². The highest BCUT2D eigenvalue weighted by molar-refractivity contribution is 7.90. The second kappa shape index (κ2) is 9.85. The van der Waals surface area contributed by atoms with Crippen molar-refractivity contribution in [2.75, 3.05) is 19.3 Å². The average molecular weight is 577 g/mol. The minimum atomic E-state index is -3.31. The summed E-state index contributed by atoms with van der Waals surface area (Å²) in [6, 6.07) is 6.06. The number of benzene rings is 1. The lowest BCUT2D eigenvalue weighted by Gasteiger charge is -2.36. The van der Waals surface area contributed by atoms with Gasteiger partial charge in [-0.1, -0.05) is 34.8 Å². The van der Waals surface area contributed by atoms with Crippen LogP contribution in [0.1, 0.15) is 32.7 Å². The van der Waals surface area contributed by atoms with Gasteiger partial charge in [-0.3, -0.25) is 0 Å². The van der Waals surface area contributed by atoms with E-state index < -0.39 is 25.3 Å². The van der Waals surface area contributed by atoms with Gasteiger partial charge in [0.15, 0.2) is 21.1 Å². The zero-order valence-corrected chi connectivity index (χ0v) is 22.8. The Balaban J connectivity index is 1.45. The Bertz CT molecular complexity index is 1360. The quantitative estimate of drug-likeness (QED) is 0.392. The van der Waals surface area contributed by atoms with Gasteiger partial charge < -0.3 is 14.4 Å². The number of aromatic nitrogens is 4. The van der Waals surface area contributed by atoms with E-state index in [9.17, 15) is 13.2 Å². The molecule has 3 heterocycles. The van der Waals surface area contributed by atoms with Crippen LogP contribution in [0.25, 0.3) is 11.0 Å². The molecule has 0 saturated carbocycles. The molecule has 14 heteroatoms. The van der Waals surface area contributed by atoms with E-state index in [1.54, 1.807) is 41.8 Å². The number of halogens is 3. The molecule has 1 fully saturated rings. The van der Waals surface area contributed by atoms with Gasteiger partial charge in [0.2, 0.25) is 9.67 Å². The van der Waals surface area contributed by atoms with Crippen LogP contribution in [0.5, 0.6) is 11.6 Å². The van der Waals surface area contributed by atoms with Gasteiger partial charge in [-0.2, -0.15) is 5.10 Å². The van der Waals surface area contributed by atoms with Crippen LogP contribution in [0.3, 0.4) is 0 Å². The van der Waals surface area contributed by atoms with Crippen molar-refractivity contribution in [2.24, 2.45) is 0 Å². The fourth-order valence-corrected chi connectivity index (χ4v) is 4.44. The summed E-state index contributed by atoms with van der Waals surface area (Å²) in [5, 5.41) is 5.10. The number of sulfone groups is 1. The minimum Gasteiger partial charge on any atom is -0.439 e. The van der Waals surface area contributed by atoms with Crippen LogP contribution in [0, 0.1) is 0 Å². The van der Waals surface area contributed by atoms with Crippen molar-refractivity contribution in [1.29, 1.82) is 0 Å². The summed E-state index contributed by atoms with van der Waals surface area (Å²) in [6.07, 6.45) is 4.84. The number of rotatable bonds is 5. The largest absolute Gasteiger partial charge is 0.439 e. The van der Waals surface area contributed by atoms with Crippen LogP contribution in [-0.2, 0) is 14.6 Å². The standard InChI is InChI=1S/C22H24Cl3N5O5S/c1-21(2,22(23,24)25)35-20(31)29-10-8-14(9-11-29)30-18-17(12-28-30)19(27-13-26-18)34-15-4-6-16(7-5-15)36(3,32)33/h4-7,12-14H,8-11H2,1-3H3. The fourth-order valence-electron chi connectivity index (χ4n) is 3.69. The number of piperidine rings is 1. The van der Waals surface area contributed by atoms with Gasteiger partial charge >= 0.3 is 6.09 Å². The summed E-state index contributed by atoms with van der Waals surface area (Å²) in [6.45, 7) is 3.95. The lowest BCUT2D eigenvalue weighted by atomic mass is 10.1. The second-order valence-electron chi connectivity index (χ2n) is 8.95. The molecular weight excluding hydrogens is 553 g/mol. The molecule has 1 aliphatic heterocycles. The van der Waals surface area contributed by atoms with E-state index in [-0.39, 0.29) is 10.9 Å². The van der Waals surface area contributed by atoms with Gasteiger partial charge in [-0.15, -0.1) is 0 Å². The van der Waals surface area contributed by atoms with Crippen molar-refractivity contribution < 1.29 is 22.7 Å². The van der Waals surface area contributed by atoms with Gasteiger partial charge in [0.1, 0.15) is 17.5 Å². The maximum absolute atomic E-state index is 12.6. The molecule has 1 aromatic carbocycles. The van der Waals surface area contributed by atoms with E-state index in [2.05, 4.69) is 15.1 Å². The maximum Gasteiger partial charge on any atom is 0.410 e. The number of carbonyl (C=O) groups excluding carboxylic acids is 1. The molecule has 1 amide bonds. The summed E-state index contributed by atoms with van der Waals surface area (Å²) in [5.41, 5.74) is -0.700. The number of hydrogen-bond donors (Lipinski definition) is 0. The van der Waals surface area contributed by atoms with Crippen LogP contribution in [0.4, 0.5) is 4.79 Å². The van der Waals surface area contributed by atoms with Gasteiger partial charge in [0.25, 0.3) is 0 Å². The zero-order valence-electron chi connectivity index (χ0n) is 19.7. The highest BCUT2D eigenvalue weighted by Crippen LogP contribution is 2.41. The van der Waals surface area contributed by atoms with Gasteiger partial charge in [-0.25, -0.2) is 27.9 Å². The molecule has 0 unspecified atom stereocenters. The van der Waals surface area contributed by atoms with E-state index in [1.807, 2.05) is 0 Å². The zero-order chi connectivity index (χ0) is 26.3. The normalized spacial score (nSPS) is 15.8. The van der Waals surface area contributed by atoms with E-state index in [4.69, 9.17) is 44.3 Å². The van der Waals surface area contributed by atoms with Gasteiger partial charge in [0, 0.05) is 19.3 Å². The summed E-state index contributed by atoms with van der Waals surface area (Å²) < 4.78 is 34.7. The number of carbonyl (C=O) groups is 1. The van der Waals surface area contributed by atoms with Crippen LogP contribution in [0.2, 0.25) is 0 Å². The number of amides is 1. The highest BCUT2D eigenvalue weighted by atomic mass is 35.6. The summed E-state index contributed by atoms with van der Waals surface area (Å²) in [7, 11) is -3.31. The molecule has 0 N–H and O–H groups in total. The molecule has 3 aromatic rings. The predicted octanol–water partition coefficient (Wildman–Crippen LogP) is 4.94. The topological polar surface area (TPSA) is 117 Å². The lowest BCUT2D eigenvalue weighted by molar-refractivity contribution is 0.0101. The molecule has 194 valence electrons.